The van der Waals surface area contributed by atoms with E-state index in [-0.39, 0.29) is 37.9 Å². The Morgan fingerprint density at radius 3 is 2.40 bits per heavy atom. The number of carboxylic acids is 1. The van der Waals surface area contributed by atoms with Gasteiger partial charge in [-0.1, -0.05) is 19.3 Å². The molecule has 2 saturated heterocycles. The number of hydrogen-bond donors (Lipinski definition) is 1. The summed E-state index contributed by atoms with van der Waals surface area (Å²) in [7, 11) is 0. The Morgan fingerprint density at radius 1 is 1.15 bits per heavy atom. The van der Waals surface area contributed by atoms with Crippen molar-refractivity contribution < 1.29 is 24.2 Å². The first-order valence-electron chi connectivity index (χ1n) is 7.21. The third kappa shape index (κ3) is 1.70. The minimum Gasteiger partial charge on any atom is -0.479 e. The van der Waals surface area contributed by atoms with Gasteiger partial charge in [-0.2, -0.15) is 0 Å². The molecule has 3 rings (SSSR count). The number of ether oxygens (including phenoxy) is 1. The Balaban J connectivity index is 1.95. The summed E-state index contributed by atoms with van der Waals surface area (Å²) < 4.78 is 5.18. The number of carbonyl (C=O) groups is 3. The lowest BCUT2D eigenvalue weighted by Gasteiger charge is -2.35. The van der Waals surface area contributed by atoms with Crippen LogP contribution < -0.4 is 0 Å². The van der Waals surface area contributed by atoms with E-state index in [1.165, 1.54) is 0 Å². The van der Waals surface area contributed by atoms with Crippen LogP contribution >= 0.6 is 0 Å². The molecule has 1 atom stereocenters. The first-order chi connectivity index (χ1) is 9.52. The van der Waals surface area contributed by atoms with Gasteiger partial charge in [-0.15, -0.1) is 0 Å². The lowest BCUT2D eigenvalue weighted by molar-refractivity contribution is -0.164. The molecule has 1 aliphatic carbocycles. The van der Waals surface area contributed by atoms with Crippen LogP contribution in [0.4, 0.5) is 0 Å². The van der Waals surface area contributed by atoms with Crippen molar-refractivity contribution in [3.63, 3.8) is 0 Å². The quantitative estimate of drug-likeness (QED) is 0.761. The maximum absolute atomic E-state index is 12.8. The van der Waals surface area contributed by atoms with Crippen molar-refractivity contribution in [1.82, 2.24) is 4.90 Å². The summed E-state index contributed by atoms with van der Waals surface area (Å²) in [6, 6.07) is 0. The Labute approximate surface area is 117 Å². The summed E-state index contributed by atoms with van der Waals surface area (Å²) in [6.07, 6.45) is 4.70. The molecule has 0 aromatic rings. The molecule has 2 amide bonds. The zero-order valence-electron chi connectivity index (χ0n) is 11.4. The van der Waals surface area contributed by atoms with Crippen LogP contribution in [0.5, 0.6) is 0 Å². The van der Waals surface area contributed by atoms with Gasteiger partial charge in [-0.05, 0) is 12.8 Å². The number of hydrogen-bond acceptors (Lipinski definition) is 4. The molecule has 110 valence electrons. The number of aliphatic carboxylic acids is 1. The Morgan fingerprint density at radius 2 is 1.85 bits per heavy atom. The van der Waals surface area contributed by atoms with Gasteiger partial charge in [-0.25, -0.2) is 4.79 Å². The molecule has 1 N–H and O–H groups in total. The fourth-order valence-electron chi connectivity index (χ4n) is 3.84. The number of carboxylic acid groups (broad SMARTS) is 1. The molecule has 1 spiro atoms. The van der Waals surface area contributed by atoms with Gasteiger partial charge in [0.2, 0.25) is 11.8 Å². The van der Waals surface area contributed by atoms with Crippen molar-refractivity contribution in [2.75, 3.05) is 13.2 Å². The standard InChI is InChI=1S/C14H19NO5/c16-10-8-13(4-2-1-3-5-13)11(17)15(10)14(12(18)19)6-7-20-9-14/h1-9H2,(H,18,19). The van der Waals surface area contributed by atoms with Crippen molar-refractivity contribution in [2.24, 2.45) is 5.41 Å². The lowest BCUT2D eigenvalue weighted by atomic mass is 9.73. The van der Waals surface area contributed by atoms with E-state index in [2.05, 4.69) is 0 Å². The molecule has 6 heteroatoms. The second kappa shape index (κ2) is 4.55. The van der Waals surface area contributed by atoms with E-state index in [4.69, 9.17) is 4.74 Å². The van der Waals surface area contributed by atoms with Crippen LogP contribution in [0.1, 0.15) is 44.9 Å². The molecule has 0 aromatic heterocycles. The van der Waals surface area contributed by atoms with Crippen molar-refractivity contribution in [3.05, 3.63) is 0 Å². The van der Waals surface area contributed by atoms with Crippen LogP contribution in [-0.4, -0.2) is 46.5 Å². The molecule has 1 unspecified atom stereocenters. The molecule has 3 fully saturated rings. The number of amides is 2. The van der Waals surface area contributed by atoms with Crippen molar-refractivity contribution in [3.8, 4) is 0 Å². The van der Waals surface area contributed by atoms with Gasteiger partial charge in [0, 0.05) is 19.4 Å². The normalized spacial score (nSPS) is 33.1. The molecule has 0 aromatic carbocycles. The zero-order chi connectivity index (χ0) is 14.4. The van der Waals surface area contributed by atoms with Gasteiger partial charge in [0.05, 0.1) is 12.0 Å². The number of imide groups is 1. The van der Waals surface area contributed by atoms with Gasteiger partial charge in [0.15, 0.2) is 5.54 Å². The lowest BCUT2D eigenvalue weighted by Crippen LogP contribution is -2.58. The topological polar surface area (TPSA) is 83.9 Å². The second-order valence-corrected chi connectivity index (χ2v) is 6.19. The first kappa shape index (κ1) is 13.5. The number of nitrogens with zero attached hydrogens (tertiary/aromatic N) is 1. The highest BCUT2D eigenvalue weighted by Gasteiger charge is 2.61. The maximum atomic E-state index is 12.8. The summed E-state index contributed by atoms with van der Waals surface area (Å²) in [5.74, 6) is -1.76. The molecule has 6 nitrogen and oxygen atoms in total. The fourth-order valence-corrected chi connectivity index (χ4v) is 3.84. The highest BCUT2D eigenvalue weighted by atomic mass is 16.5. The van der Waals surface area contributed by atoms with Crippen LogP contribution in [0.15, 0.2) is 0 Å². The van der Waals surface area contributed by atoms with E-state index in [0.717, 1.165) is 24.2 Å². The van der Waals surface area contributed by atoms with E-state index >= 15 is 0 Å². The largest absolute Gasteiger partial charge is 0.479 e. The Bertz CT molecular complexity index is 460. The van der Waals surface area contributed by atoms with E-state index in [1.54, 1.807) is 0 Å². The molecule has 2 aliphatic heterocycles. The predicted octanol–water partition coefficient (Wildman–Crippen LogP) is 0.939. The second-order valence-electron chi connectivity index (χ2n) is 6.19. The van der Waals surface area contributed by atoms with Crippen LogP contribution in [0.25, 0.3) is 0 Å². The van der Waals surface area contributed by atoms with Crippen LogP contribution in [0.2, 0.25) is 0 Å². The summed E-state index contributed by atoms with van der Waals surface area (Å²) in [5.41, 5.74) is -2.12. The number of likely N-dealkylation sites (tertiary alicyclic amines) is 1. The first-order valence-corrected chi connectivity index (χ1v) is 7.21. The summed E-state index contributed by atoms with van der Waals surface area (Å²) in [6.45, 7) is 0.187. The molecule has 20 heavy (non-hydrogen) atoms. The average molecular weight is 281 g/mol. The van der Waals surface area contributed by atoms with E-state index in [1.807, 2.05) is 0 Å². The van der Waals surface area contributed by atoms with Crippen molar-refractivity contribution in [2.45, 2.75) is 50.5 Å². The SMILES string of the molecule is O=C1CC2(CCCCC2)C(=O)N1C1(C(=O)O)CCOC1. The molecular weight excluding hydrogens is 262 g/mol. The highest BCUT2D eigenvalue weighted by Crippen LogP contribution is 2.48. The number of carbonyl (C=O) groups excluding carboxylic acids is 2. The Kier molecular flexibility index (Phi) is 3.08. The van der Waals surface area contributed by atoms with Gasteiger partial charge in [-0.3, -0.25) is 14.5 Å². The van der Waals surface area contributed by atoms with Crippen LogP contribution in [0.3, 0.4) is 0 Å². The Hall–Kier alpha value is -1.43. The molecular formula is C14H19NO5. The van der Waals surface area contributed by atoms with Gasteiger partial charge in [0.1, 0.15) is 0 Å². The molecule has 1 saturated carbocycles. The van der Waals surface area contributed by atoms with Gasteiger partial charge in [0.25, 0.3) is 0 Å². The fraction of sp³-hybridized carbons (Fsp3) is 0.786. The average Bonchev–Trinajstić information content (AvgIpc) is 2.97. The highest BCUT2D eigenvalue weighted by molar-refractivity contribution is 6.09. The van der Waals surface area contributed by atoms with Crippen LogP contribution in [0, 0.1) is 5.41 Å². The molecule has 3 aliphatic rings. The van der Waals surface area contributed by atoms with Crippen molar-refractivity contribution in [1.29, 1.82) is 0 Å². The minimum atomic E-state index is -1.48. The third-order valence-electron chi connectivity index (χ3n) is 5.03. The third-order valence-corrected chi connectivity index (χ3v) is 5.03. The number of rotatable bonds is 2. The maximum Gasteiger partial charge on any atom is 0.332 e. The predicted molar refractivity (Wildman–Crippen MR) is 67.8 cm³/mol. The van der Waals surface area contributed by atoms with Crippen LogP contribution in [-0.2, 0) is 19.1 Å². The van der Waals surface area contributed by atoms with E-state index in [0.29, 0.717) is 12.8 Å². The molecule has 2 heterocycles. The van der Waals surface area contributed by atoms with Gasteiger partial charge < -0.3 is 9.84 Å². The van der Waals surface area contributed by atoms with E-state index in [9.17, 15) is 19.5 Å². The molecule has 0 bridgehead atoms. The minimum absolute atomic E-state index is 0.0874. The summed E-state index contributed by atoms with van der Waals surface area (Å²) in [4.78, 5) is 37.8. The van der Waals surface area contributed by atoms with Gasteiger partial charge >= 0.3 is 5.97 Å². The monoisotopic (exact) mass is 281 g/mol. The summed E-state index contributed by atoms with van der Waals surface area (Å²) >= 11 is 0. The van der Waals surface area contributed by atoms with E-state index < -0.39 is 16.9 Å². The van der Waals surface area contributed by atoms with Crippen molar-refractivity contribution >= 4 is 17.8 Å². The summed E-state index contributed by atoms with van der Waals surface area (Å²) in [5, 5.41) is 9.52. The zero-order valence-corrected chi connectivity index (χ0v) is 11.4. The smallest absolute Gasteiger partial charge is 0.332 e. The molecule has 0 radical (unpaired) electrons.